The van der Waals surface area contributed by atoms with E-state index in [4.69, 9.17) is 0 Å². The lowest BCUT2D eigenvalue weighted by Gasteiger charge is -2.32. The zero-order chi connectivity index (χ0) is 14.5. The van der Waals surface area contributed by atoms with Crippen LogP contribution in [0.3, 0.4) is 0 Å². The average molecular weight is 278 g/mol. The molecule has 0 aromatic carbocycles. The molecule has 2 rings (SSSR count). The van der Waals surface area contributed by atoms with E-state index in [1.807, 2.05) is 0 Å². The highest BCUT2D eigenvalue weighted by Crippen LogP contribution is 2.20. The number of aryl methyl sites for hydroxylation is 1. The van der Waals surface area contributed by atoms with E-state index in [9.17, 15) is 10.1 Å². The third-order valence-corrected chi connectivity index (χ3v) is 3.73. The van der Waals surface area contributed by atoms with Crippen LogP contribution in [0.5, 0.6) is 0 Å². The quantitative estimate of drug-likeness (QED) is 0.662. The Labute approximate surface area is 119 Å². The maximum absolute atomic E-state index is 10.8. The van der Waals surface area contributed by atoms with Gasteiger partial charge in [-0.25, -0.2) is 4.98 Å². The van der Waals surface area contributed by atoms with Crippen molar-refractivity contribution in [2.75, 3.05) is 25.0 Å². The lowest BCUT2D eigenvalue weighted by molar-refractivity contribution is -0.385. The molecule has 20 heavy (non-hydrogen) atoms. The van der Waals surface area contributed by atoms with E-state index in [0.29, 0.717) is 11.7 Å². The summed E-state index contributed by atoms with van der Waals surface area (Å²) < 4.78 is 0. The Hall–Kier alpha value is -1.69. The third kappa shape index (κ3) is 3.66. The predicted octanol–water partition coefficient (Wildman–Crippen LogP) is 2.58. The molecular formula is C14H22N4O2. The topological polar surface area (TPSA) is 71.3 Å². The van der Waals surface area contributed by atoms with Gasteiger partial charge in [0.2, 0.25) is 0 Å². The van der Waals surface area contributed by atoms with Crippen LogP contribution >= 0.6 is 0 Å². The van der Waals surface area contributed by atoms with Crippen LogP contribution in [0, 0.1) is 17.0 Å². The van der Waals surface area contributed by atoms with Crippen molar-refractivity contribution in [2.45, 2.75) is 39.2 Å². The Balaban J connectivity index is 1.91. The monoisotopic (exact) mass is 278 g/mol. The number of anilines is 1. The van der Waals surface area contributed by atoms with Crippen molar-refractivity contribution in [2.24, 2.45) is 0 Å². The molecule has 6 nitrogen and oxygen atoms in total. The van der Waals surface area contributed by atoms with Gasteiger partial charge in [0.05, 0.1) is 4.92 Å². The molecule has 0 radical (unpaired) electrons. The van der Waals surface area contributed by atoms with Gasteiger partial charge in [0.15, 0.2) is 0 Å². The number of likely N-dealkylation sites (tertiary alicyclic amines) is 1. The first-order chi connectivity index (χ1) is 9.60. The van der Waals surface area contributed by atoms with E-state index in [2.05, 4.69) is 22.1 Å². The number of nitro groups is 1. The molecule has 2 heterocycles. The first-order valence-electron chi connectivity index (χ1n) is 7.21. The molecule has 1 aromatic rings. The molecule has 0 saturated carbocycles. The van der Waals surface area contributed by atoms with Crippen molar-refractivity contribution in [1.29, 1.82) is 0 Å². The number of pyridine rings is 1. The lowest BCUT2D eigenvalue weighted by Crippen LogP contribution is -2.39. The minimum Gasteiger partial charge on any atom is -0.367 e. The summed E-state index contributed by atoms with van der Waals surface area (Å²) in [6, 6.07) is 3.64. The van der Waals surface area contributed by atoms with Crippen LogP contribution < -0.4 is 5.32 Å². The normalized spacial score (nSPS) is 17.1. The van der Waals surface area contributed by atoms with Crippen molar-refractivity contribution in [3.63, 3.8) is 0 Å². The smallest absolute Gasteiger partial charge is 0.290 e. The maximum Gasteiger partial charge on any atom is 0.290 e. The summed E-state index contributed by atoms with van der Waals surface area (Å²) in [5, 5.41) is 14.2. The van der Waals surface area contributed by atoms with Gasteiger partial charge in [0.25, 0.3) is 5.69 Å². The van der Waals surface area contributed by atoms with Crippen molar-refractivity contribution < 1.29 is 4.92 Å². The molecule has 1 aliphatic rings. The first kappa shape index (κ1) is 14.7. The third-order valence-electron chi connectivity index (χ3n) is 3.73. The number of rotatable bonds is 5. The average Bonchev–Trinajstić information content (AvgIpc) is 2.41. The second-order valence-corrected chi connectivity index (χ2v) is 5.32. The van der Waals surface area contributed by atoms with Gasteiger partial charge in [-0.05, 0) is 38.8 Å². The molecule has 1 N–H and O–H groups in total. The molecule has 0 amide bonds. The molecule has 6 heteroatoms. The van der Waals surface area contributed by atoms with Crippen LogP contribution in [-0.4, -0.2) is 40.5 Å². The Morgan fingerprint density at radius 2 is 2.15 bits per heavy atom. The minimum atomic E-state index is -0.394. The zero-order valence-electron chi connectivity index (χ0n) is 12.1. The summed E-state index contributed by atoms with van der Waals surface area (Å²) in [5.74, 6) is 0.738. The standard InChI is InChI=1S/C14H22N4O2/c1-3-8-17-9-6-12(7-10-17)16-14-5-4-13(18(19)20)11(2)15-14/h4-5,12H,3,6-10H2,1-2H3,(H,15,16). The summed E-state index contributed by atoms with van der Waals surface area (Å²) in [4.78, 5) is 17.1. The molecule has 0 spiro atoms. The Morgan fingerprint density at radius 3 is 2.70 bits per heavy atom. The number of hydrogen-bond donors (Lipinski definition) is 1. The molecule has 1 aliphatic heterocycles. The van der Waals surface area contributed by atoms with Gasteiger partial charge in [-0.3, -0.25) is 10.1 Å². The van der Waals surface area contributed by atoms with Crippen molar-refractivity contribution in [1.82, 2.24) is 9.88 Å². The fourth-order valence-electron chi connectivity index (χ4n) is 2.65. The Bertz CT molecular complexity index is 470. The second kappa shape index (κ2) is 6.65. The SMILES string of the molecule is CCCN1CCC(Nc2ccc([N+](=O)[O-])c(C)n2)CC1. The molecule has 0 unspecified atom stereocenters. The summed E-state index contributed by atoms with van der Waals surface area (Å²) in [6.45, 7) is 7.26. The molecule has 0 atom stereocenters. The van der Waals surface area contributed by atoms with Gasteiger partial charge in [-0.1, -0.05) is 6.92 Å². The number of nitrogens with one attached hydrogen (secondary N) is 1. The second-order valence-electron chi connectivity index (χ2n) is 5.32. The van der Waals surface area contributed by atoms with Crippen LogP contribution in [0.25, 0.3) is 0 Å². The highest BCUT2D eigenvalue weighted by atomic mass is 16.6. The van der Waals surface area contributed by atoms with Gasteiger partial charge >= 0.3 is 0 Å². The molecule has 1 fully saturated rings. The van der Waals surface area contributed by atoms with E-state index < -0.39 is 4.92 Å². The minimum absolute atomic E-state index is 0.0771. The van der Waals surface area contributed by atoms with Crippen LogP contribution in [0.2, 0.25) is 0 Å². The summed E-state index contributed by atoms with van der Waals surface area (Å²) in [7, 11) is 0. The van der Waals surface area contributed by atoms with E-state index in [1.54, 1.807) is 13.0 Å². The van der Waals surface area contributed by atoms with Crippen LogP contribution in [0.15, 0.2) is 12.1 Å². The molecular weight excluding hydrogens is 256 g/mol. The van der Waals surface area contributed by atoms with E-state index in [0.717, 1.165) is 31.7 Å². The van der Waals surface area contributed by atoms with Crippen LogP contribution in [-0.2, 0) is 0 Å². The van der Waals surface area contributed by atoms with E-state index in [-0.39, 0.29) is 5.69 Å². The first-order valence-corrected chi connectivity index (χ1v) is 7.21. The maximum atomic E-state index is 10.8. The summed E-state index contributed by atoms with van der Waals surface area (Å²) >= 11 is 0. The van der Waals surface area contributed by atoms with Crippen molar-refractivity contribution in [3.8, 4) is 0 Å². The van der Waals surface area contributed by atoms with E-state index in [1.165, 1.54) is 19.0 Å². The fourth-order valence-corrected chi connectivity index (χ4v) is 2.65. The zero-order valence-corrected chi connectivity index (χ0v) is 12.1. The highest BCUT2D eigenvalue weighted by Gasteiger charge is 2.19. The Morgan fingerprint density at radius 1 is 1.45 bits per heavy atom. The van der Waals surface area contributed by atoms with Crippen LogP contribution in [0.4, 0.5) is 11.5 Å². The molecule has 0 aliphatic carbocycles. The predicted molar refractivity (Wildman–Crippen MR) is 79.0 cm³/mol. The number of piperidine rings is 1. The highest BCUT2D eigenvalue weighted by molar-refractivity contribution is 5.45. The molecule has 110 valence electrons. The Kier molecular flexibility index (Phi) is 4.89. The molecule has 1 aromatic heterocycles. The van der Waals surface area contributed by atoms with Crippen molar-refractivity contribution in [3.05, 3.63) is 27.9 Å². The van der Waals surface area contributed by atoms with Gasteiger partial charge < -0.3 is 10.2 Å². The largest absolute Gasteiger partial charge is 0.367 e. The van der Waals surface area contributed by atoms with Crippen LogP contribution in [0.1, 0.15) is 31.9 Å². The van der Waals surface area contributed by atoms with Gasteiger partial charge in [-0.2, -0.15) is 0 Å². The summed E-state index contributed by atoms with van der Waals surface area (Å²) in [6.07, 6.45) is 3.39. The molecule has 0 bridgehead atoms. The van der Waals surface area contributed by atoms with Gasteiger partial charge in [0.1, 0.15) is 11.5 Å². The lowest BCUT2D eigenvalue weighted by atomic mass is 10.0. The van der Waals surface area contributed by atoms with Gasteiger partial charge in [0, 0.05) is 25.2 Å². The van der Waals surface area contributed by atoms with Crippen molar-refractivity contribution >= 4 is 11.5 Å². The summed E-state index contributed by atoms with van der Waals surface area (Å²) in [5.41, 5.74) is 0.539. The number of nitrogens with zero attached hydrogens (tertiary/aromatic N) is 3. The number of hydrogen-bond acceptors (Lipinski definition) is 5. The van der Waals surface area contributed by atoms with Gasteiger partial charge in [-0.15, -0.1) is 0 Å². The van der Waals surface area contributed by atoms with E-state index >= 15 is 0 Å². The molecule has 1 saturated heterocycles. The fraction of sp³-hybridized carbons (Fsp3) is 0.643. The number of aromatic nitrogens is 1.